The summed E-state index contributed by atoms with van der Waals surface area (Å²) in [6, 6.07) is 8.06. The van der Waals surface area contributed by atoms with Crippen molar-refractivity contribution < 1.29 is 4.79 Å². The molecule has 1 amide bonds. The zero-order chi connectivity index (χ0) is 14.1. The van der Waals surface area contributed by atoms with Gasteiger partial charge >= 0.3 is 0 Å². The van der Waals surface area contributed by atoms with E-state index in [0.29, 0.717) is 6.04 Å². The second kappa shape index (κ2) is 5.96. The molecule has 2 saturated heterocycles. The Kier molecular flexibility index (Phi) is 4.24. The molecule has 0 radical (unpaired) electrons. The molecule has 0 bridgehead atoms. The fourth-order valence-corrected chi connectivity index (χ4v) is 4.20. The van der Waals surface area contributed by atoms with Gasteiger partial charge in [-0.2, -0.15) is 11.8 Å². The van der Waals surface area contributed by atoms with E-state index in [1.807, 2.05) is 43.0 Å². The molecule has 0 aliphatic carbocycles. The van der Waals surface area contributed by atoms with Crippen molar-refractivity contribution in [1.29, 1.82) is 0 Å². The van der Waals surface area contributed by atoms with E-state index in [1.165, 1.54) is 0 Å². The van der Waals surface area contributed by atoms with Crippen LogP contribution in [-0.2, 0) is 4.79 Å². The van der Waals surface area contributed by atoms with Crippen LogP contribution in [0.4, 0.5) is 0 Å². The number of nitrogens with one attached hydrogen (secondary N) is 1. The number of carbonyl (C=O) groups is 1. The van der Waals surface area contributed by atoms with Crippen LogP contribution in [0.5, 0.6) is 0 Å². The molecule has 2 aliphatic rings. The molecule has 2 atom stereocenters. The van der Waals surface area contributed by atoms with Crippen LogP contribution in [0.1, 0.15) is 31.5 Å². The SMILES string of the molecule is CC1NC(c2ccc(Cl)cc2)N(C2CCSCC2)C1=O. The maximum absolute atomic E-state index is 12.5. The summed E-state index contributed by atoms with van der Waals surface area (Å²) in [5, 5.41) is 4.14. The summed E-state index contributed by atoms with van der Waals surface area (Å²) >= 11 is 7.94. The van der Waals surface area contributed by atoms with E-state index in [1.54, 1.807) is 0 Å². The Bertz CT molecular complexity index is 487. The molecule has 3 rings (SSSR count). The average molecular weight is 311 g/mol. The molecule has 108 valence electrons. The molecular weight excluding hydrogens is 292 g/mol. The van der Waals surface area contributed by atoms with Crippen molar-refractivity contribution >= 4 is 29.3 Å². The highest BCUT2D eigenvalue weighted by molar-refractivity contribution is 7.99. The van der Waals surface area contributed by atoms with E-state index in [-0.39, 0.29) is 18.1 Å². The van der Waals surface area contributed by atoms with Crippen molar-refractivity contribution in [3.8, 4) is 0 Å². The summed E-state index contributed by atoms with van der Waals surface area (Å²) in [5.74, 6) is 2.52. The second-order valence-electron chi connectivity index (χ2n) is 5.43. The fourth-order valence-electron chi connectivity index (χ4n) is 3.00. The number of hydrogen-bond donors (Lipinski definition) is 1. The lowest BCUT2D eigenvalue weighted by molar-refractivity contribution is -0.132. The van der Waals surface area contributed by atoms with Gasteiger partial charge in [0, 0.05) is 11.1 Å². The maximum atomic E-state index is 12.5. The summed E-state index contributed by atoms with van der Waals surface area (Å²) in [4.78, 5) is 14.5. The number of carbonyl (C=O) groups excluding carboxylic acids is 1. The minimum Gasteiger partial charge on any atom is -0.319 e. The van der Waals surface area contributed by atoms with Crippen LogP contribution in [0.2, 0.25) is 5.02 Å². The van der Waals surface area contributed by atoms with Crippen LogP contribution in [-0.4, -0.2) is 34.4 Å². The number of benzene rings is 1. The van der Waals surface area contributed by atoms with Crippen molar-refractivity contribution in [2.24, 2.45) is 0 Å². The van der Waals surface area contributed by atoms with Crippen LogP contribution in [0.25, 0.3) is 0 Å². The Labute approximate surface area is 129 Å². The summed E-state index contributed by atoms with van der Waals surface area (Å²) < 4.78 is 0. The summed E-state index contributed by atoms with van der Waals surface area (Å²) in [6.07, 6.45) is 2.17. The Balaban J connectivity index is 1.87. The average Bonchev–Trinajstić information content (AvgIpc) is 2.77. The van der Waals surface area contributed by atoms with Crippen LogP contribution in [0.15, 0.2) is 24.3 Å². The zero-order valence-corrected chi connectivity index (χ0v) is 13.1. The smallest absolute Gasteiger partial charge is 0.241 e. The van der Waals surface area contributed by atoms with Gasteiger partial charge in [0.2, 0.25) is 5.91 Å². The van der Waals surface area contributed by atoms with Crippen molar-refractivity contribution in [3.63, 3.8) is 0 Å². The minimum atomic E-state index is -0.106. The summed E-state index contributed by atoms with van der Waals surface area (Å²) in [6.45, 7) is 1.95. The molecule has 1 aromatic rings. The Hall–Kier alpha value is -0.710. The predicted octanol–water partition coefficient (Wildman–Crippen LogP) is 3.05. The van der Waals surface area contributed by atoms with E-state index in [4.69, 9.17) is 11.6 Å². The molecule has 0 spiro atoms. The first-order valence-corrected chi connectivity index (χ1v) is 8.61. The molecule has 2 fully saturated rings. The molecule has 1 aromatic carbocycles. The van der Waals surface area contributed by atoms with Crippen LogP contribution < -0.4 is 5.32 Å². The topological polar surface area (TPSA) is 32.3 Å². The lowest BCUT2D eigenvalue weighted by Crippen LogP contribution is -2.42. The van der Waals surface area contributed by atoms with Crippen LogP contribution >= 0.6 is 23.4 Å². The lowest BCUT2D eigenvalue weighted by Gasteiger charge is -2.35. The Morgan fingerprint density at radius 1 is 1.25 bits per heavy atom. The highest BCUT2D eigenvalue weighted by Gasteiger charge is 2.41. The van der Waals surface area contributed by atoms with Crippen molar-refractivity contribution in [2.75, 3.05) is 11.5 Å². The second-order valence-corrected chi connectivity index (χ2v) is 7.09. The quantitative estimate of drug-likeness (QED) is 0.911. The van der Waals surface area contributed by atoms with Gasteiger partial charge in [0.25, 0.3) is 0 Å². The van der Waals surface area contributed by atoms with Gasteiger partial charge in [-0.25, -0.2) is 0 Å². The van der Waals surface area contributed by atoms with Gasteiger partial charge < -0.3 is 4.90 Å². The number of nitrogens with zero attached hydrogens (tertiary/aromatic N) is 1. The monoisotopic (exact) mass is 310 g/mol. The first-order valence-electron chi connectivity index (χ1n) is 7.08. The van der Waals surface area contributed by atoms with Gasteiger partial charge in [0.05, 0.1) is 6.04 Å². The maximum Gasteiger partial charge on any atom is 0.241 e. The van der Waals surface area contributed by atoms with Crippen molar-refractivity contribution in [2.45, 2.75) is 38.0 Å². The van der Waals surface area contributed by atoms with E-state index in [2.05, 4.69) is 10.2 Å². The fraction of sp³-hybridized carbons (Fsp3) is 0.533. The normalized spacial score (nSPS) is 28.1. The summed E-state index contributed by atoms with van der Waals surface area (Å²) in [5.41, 5.74) is 1.12. The zero-order valence-electron chi connectivity index (χ0n) is 11.5. The molecular formula is C15H19ClN2OS. The van der Waals surface area contributed by atoms with Crippen LogP contribution in [0, 0.1) is 0 Å². The number of halogens is 1. The Morgan fingerprint density at radius 2 is 1.90 bits per heavy atom. The van der Waals surface area contributed by atoms with Gasteiger partial charge in [-0.15, -0.1) is 0 Å². The molecule has 0 saturated carbocycles. The van der Waals surface area contributed by atoms with E-state index in [0.717, 1.165) is 34.9 Å². The number of rotatable bonds is 2. The van der Waals surface area contributed by atoms with Gasteiger partial charge in [-0.1, -0.05) is 23.7 Å². The standard InChI is InChI=1S/C15H19ClN2OS/c1-10-15(19)18(13-6-8-20-9-7-13)14(17-10)11-2-4-12(16)5-3-11/h2-5,10,13-14,17H,6-9H2,1H3. The predicted molar refractivity (Wildman–Crippen MR) is 84.0 cm³/mol. The van der Waals surface area contributed by atoms with E-state index < -0.39 is 0 Å². The van der Waals surface area contributed by atoms with Crippen molar-refractivity contribution in [3.05, 3.63) is 34.9 Å². The number of hydrogen-bond acceptors (Lipinski definition) is 3. The molecule has 2 heterocycles. The molecule has 5 heteroatoms. The third-order valence-electron chi connectivity index (χ3n) is 4.08. The first kappa shape index (κ1) is 14.2. The largest absolute Gasteiger partial charge is 0.319 e. The third kappa shape index (κ3) is 2.69. The van der Waals surface area contributed by atoms with Gasteiger partial charge in [0.1, 0.15) is 6.17 Å². The third-order valence-corrected chi connectivity index (χ3v) is 5.38. The minimum absolute atomic E-state index is 0.0112. The highest BCUT2D eigenvalue weighted by atomic mass is 35.5. The Morgan fingerprint density at radius 3 is 2.55 bits per heavy atom. The molecule has 20 heavy (non-hydrogen) atoms. The number of thioether (sulfide) groups is 1. The van der Waals surface area contributed by atoms with Gasteiger partial charge in [-0.05, 0) is 49.0 Å². The molecule has 2 unspecified atom stereocenters. The summed E-state index contributed by atoms with van der Waals surface area (Å²) in [7, 11) is 0. The van der Waals surface area contributed by atoms with Crippen LogP contribution in [0.3, 0.4) is 0 Å². The van der Waals surface area contributed by atoms with Gasteiger partial charge in [0.15, 0.2) is 0 Å². The molecule has 1 N–H and O–H groups in total. The molecule has 2 aliphatic heterocycles. The number of amides is 1. The molecule has 0 aromatic heterocycles. The van der Waals surface area contributed by atoms with E-state index >= 15 is 0 Å². The van der Waals surface area contributed by atoms with Crippen molar-refractivity contribution in [1.82, 2.24) is 10.2 Å². The lowest BCUT2D eigenvalue weighted by atomic mass is 10.1. The first-order chi connectivity index (χ1) is 9.66. The highest BCUT2D eigenvalue weighted by Crippen LogP contribution is 2.33. The van der Waals surface area contributed by atoms with Gasteiger partial charge in [-0.3, -0.25) is 10.1 Å². The molecule has 3 nitrogen and oxygen atoms in total. The van der Waals surface area contributed by atoms with E-state index in [9.17, 15) is 4.79 Å².